The lowest BCUT2D eigenvalue weighted by Gasteiger charge is -2.06. The number of imidazole rings is 1. The summed E-state index contributed by atoms with van der Waals surface area (Å²) >= 11 is 0. The van der Waals surface area contributed by atoms with Gasteiger partial charge in [0.2, 0.25) is 0 Å². The molecule has 1 unspecified atom stereocenters. The van der Waals surface area contributed by atoms with Crippen LogP contribution in [0.25, 0.3) is 0 Å². The van der Waals surface area contributed by atoms with Crippen molar-refractivity contribution in [3.63, 3.8) is 0 Å². The molecular formula is C11H21N3. The van der Waals surface area contributed by atoms with Gasteiger partial charge >= 0.3 is 0 Å². The van der Waals surface area contributed by atoms with E-state index in [4.69, 9.17) is 5.73 Å². The number of H-pyrrole nitrogens is 1. The summed E-state index contributed by atoms with van der Waals surface area (Å²) < 4.78 is 0. The highest BCUT2D eigenvalue weighted by atomic mass is 15.0. The van der Waals surface area contributed by atoms with Crippen LogP contribution in [0.3, 0.4) is 0 Å². The van der Waals surface area contributed by atoms with Crippen LogP contribution in [0.2, 0.25) is 0 Å². The van der Waals surface area contributed by atoms with Gasteiger partial charge in [-0.1, -0.05) is 20.3 Å². The number of aromatic amines is 1. The molecule has 1 rings (SSSR count). The molecule has 0 aliphatic heterocycles. The zero-order chi connectivity index (χ0) is 10.6. The number of rotatable bonds is 5. The molecule has 0 saturated carbocycles. The fraction of sp³-hybridized carbons (Fsp3) is 0.727. The molecule has 0 radical (unpaired) electrons. The van der Waals surface area contributed by atoms with Gasteiger partial charge in [0.25, 0.3) is 0 Å². The molecule has 1 aromatic rings. The van der Waals surface area contributed by atoms with Crippen molar-refractivity contribution < 1.29 is 0 Å². The monoisotopic (exact) mass is 195 g/mol. The predicted molar refractivity (Wildman–Crippen MR) is 59.2 cm³/mol. The third kappa shape index (κ3) is 2.58. The van der Waals surface area contributed by atoms with E-state index in [1.165, 1.54) is 12.8 Å². The average Bonchev–Trinajstić information content (AvgIpc) is 2.55. The van der Waals surface area contributed by atoms with Crippen LogP contribution in [0, 0.1) is 6.92 Å². The summed E-state index contributed by atoms with van der Waals surface area (Å²) in [4.78, 5) is 7.81. The van der Waals surface area contributed by atoms with Gasteiger partial charge in [0, 0.05) is 12.5 Å². The van der Waals surface area contributed by atoms with E-state index in [1.807, 2.05) is 6.92 Å². The first-order valence-corrected chi connectivity index (χ1v) is 5.50. The number of aryl methyl sites for hydroxylation is 2. The van der Waals surface area contributed by atoms with E-state index >= 15 is 0 Å². The molecule has 1 heterocycles. The molecule has 14 heavy (non-hydrogen) atoms. The molecule has 0 fully saturated rings. The minimum absolute atomic E-state index is 0.109. The first-order chi connectivity index (χ1) is 6.69. The number of aromatic nitrogens is 2. The van der Waals surface area contributed by atoms with E-state index in [0.717, 1.165) is 30.1 Å². The van der Waals surface area contributed by atoms with E-state index in [-0.39, 0.29) is 6.04 Å². The molecule has 0 spiro atoms. The van der Waals surface area contributed by atoms with E-state index in [1.54, 1.807) is 0 Å². The Morgan fingerprint density at radius 3 is 2.71 bits per heavy atom. The molecular weight excluding hydrogens is 174 g/mol. The number of unbranched alkanes of at least 4 members (excludes halogenated alkanes) is 1. The molecule has 1 atom stereocenters. The lowest BCUT2D eigenvalue weighted by atomic mass is 10.1. The fourth-order valence-electron chi connectivity index (χ4n) is 1.56. The van der Waals surface area contributed by atoms with E-state index < -0.39 is 0 Å². The Morgan fingerprint density at radius 1 is 1.43 bits per heavy atom. The molecule has 0 saturated heterocycles. The van der Waals surface area contributed by atoms with Gasteiger partial charge in [-0.25, -0.2) is 4.98 Å². The molecule has 0 amide bonds. The SMILES string of the molecule is CCCCc1nc(C)c(C(N)CC)[nH]1. The quantitative estimate of drug-likeness (QED) is 0.758. The summed E-state index contributed by atoms with van der Waals surface area (Å²) in [6.45, 7) is 6.31. The van der Waals surface area contributed by atoms with Gasteiger partial charge in [0.05, 0.1) is 11.4 Å². The molecule has 80 valence electrons. The zero-order valence-corrected chi connectivity index (χ0v) is 9.43. The first-order valence-electron chi connectivity index (χ1n) is 5.50. The van der Waals surface area contributed by atoms with Gasteiger partial charge in [-0.2, -0.15) is 0 Å². The van der Waals surface area contributed by atoms with Gasteiger partial charge in [-0.15, -0.1) is 0 Å². The average molecular weight is 195 g/mol. The maximum absolute atomic E-state index is 5.97. The topological polar surface area (TPSA) is 54.7 Å². The van der Waals surface area contributed by atoms with Crippen molar-refractivity contribution in [2.45, 2.75) is 52.5 Å². The van der Waals surface area contributed by atoms with Crippen LogP contribution < -0.4 is 5.73 Å². The van der Waals surface area contributed by atoms with Gasteiger partial charge < -0.3 is 10.7 Å². The van der Waals surface area contributed by atoms with Gasteiger partial charge in [-0.3, -0.25) is 0 Å². The second-order valence-electron chi connectivity index (χ2n) is 3.80. The van der Waals surface area contributed by atoms with Gasteiger partial charge in [0.1, 0.15) is 5.82 Å². The maximum atomic E-state index is 5.97. The normalized spacial score (nSPS) is 13.1. The number of nitrogens with one attached hydrogen (secondary N) is 1. The molecule has 3 N–H and O–H groups in total. The van der Waals surface area contributed by atoms with E-state index in [0.29, 0.717) is 0 Å². The van der Waals surface area contributed by atoms with Crippen molar-refractivity contribution in [1.82, 2.24) is 9.97 Å². The summed E-state index contributed by atoms with van der Waals surface area (Å²) in [7, 11) is 0. The first kappa shape index (κ1) is 11.2. The predicted octanol–water partition coefficient (Wildman–Crippen LogP) is 2.47. The molecule has 3 heteroatoms. The van der Waals surface area contributed by atoms with Gasteiger partial charge in [-0.05, 0) is 19.8 Å². The highest BCUT2D eigenvalue weighted by Gasteiger charge is 2.11. The Morgan fingerprint density at radius 2 is 2.14 bits per heavy atom. The highest BCUT2D eigenvalue weighted by molar-refractivity contribution is 5.16. The Kier molecular flexibility index (Phi) is 4.14. The van der Waals surface area contributed by atoms with Crippen LogP contribution >= 0.6 is 0 Å². The summed E-state index contributed by atoms with van der Waals surface area (Å²) in [6.07, 6.45) is 4.38. The lowest BCUT2D eigenvalue weighted by Crippen LogP contribution is -2.10. The zero-order valence-electron chi connectivity index (χ0n) is 9.43. The summed E-state index contributed by atoms with van der Waals surface area (Å²) in [5.41, 5.74) is 8.14. The number of hydrogen-bond acceptors (Lipinski definition) is 2. The van der Waals surface area contributed by atoms with Crippen molar-refractivity contribution >= 4 is 0 Å². The molecule has 0 bridgehead atoms. The Bertz CT molecular complexity index is 278. The molecule has 3 nitrogen and oxygen atoms in total. The summed E-state index contributed by atoms with van der Waals surface area (Å²) in [5.74, 6) is 1.09. The minimum atomic E-state index is 0.109. The summed E-state index contributed by atoms with van der Waals surface area (Å²) in [5, 5.41) is 0. The van der Waals surface area contributed by atoms with Gasteiger partial charge in [0.15, 0.2) is 0 Å². The standard InChI is InChI=1S/C11H21N3/c1-4-6-7-10-13-8(3)11(14-10)9(12)5-2/h9H,4-7,12H2,1-3H3,(H,13,14). The lowest BCUT2D eigenvalue weighted by molar-refractivity contribution is 0.670. The number of nitrogens with zero attached hydrogens (tertiary/aromatic N) is 1. The van der Waals surface area contributed by atoms with Crippen LogP contribution in [0.1, 0.15) is 56.4 Å². The van der Waals surface area contributed by atoms with Crippen molar-refractivity contribution in [3.8, 4) is 0 Å². The van der Waals surface area contributed by atoms with Crippen LogP contribution in [-0.2, 0) is 6.42 Å². The second-order valence-corrected chi connectivity index (χ2v) is 3.80. The van der Waals surface area contributed by atoms with E-state index in [9.17, 15) is 0 Å². The van der Waals surface area contributed by atoms with Crippen LogP contribution in [0.15, 0.2) is 0 Å². The van der Waals surface area contributed by atoms with Crippen LogP contribution in [-0.4, -0.2) is 9.97 Å². The van der Waals surface area contributed by atoms with Crippen molar-refractivity contribution in [2.75, 3.05) is 0 Å². The molecule has 0 aromatic carbocycles. The number of nitrogens with two attached hydrogens (primary N) is 1. The minimum Gasteiger partial charge on any atom is -0.344 e. The molecule has 0 aliphatic carbocycles. The van der Waals surface area contributed by atoms with Crippen LogP contribution in [0.5, 0.6) is 0 Å². The Hall–Kier alpha value is -0.830. The smallest absolute Gasteiger partial charge is 0.106 e. The van der Waals surface area contributed by atoms with E-state index in [2.05, 4.69) is 23.8 Å². The highest BCUT2D eigenvalue weighted by Crippen LogP contribution is 2.16. The Balaban J connectivity index is 2.71. The molecule has 1 aromatic heterocycles. The third-order valence-electron chi connectivity index (χ3n) is 2.55. The van der Waals surface area contributed by atoms with Crippen molar-refractivity contribution in [3.05, 3.63) is 17.2 Å². The fourth-order valence-corrected chi connectivity index (χ4v) is 1.56. The maximum Gasteiger partial charge on any atom is 0.106 e. The Labute approximate surface area is 86.1 Å². The van der Waals surface area contributed by atoms with Crippen LogP contribution in [0.4, 0.5) is 0 Å². The third-order valence-corrected chi connectivity index (χ3v) is 2.55. The molecule has 0 aliphatic rings. The second kappa shape index (κ2) is 5.15. The largest absolute Gasteiger partial charge is 0.344 e. The summed E-state index contributed by atoms with van der Waals surface area (Å²) in [6, 6.07) is 0.109. The van der Waals surface area contributed by atoms with Crippen molar-refractivity contribution in [1.29, 1.82) is 0 Å². The van der Waals surface area contributed by atoms with Crippen molar-refractivity contribution in [2.24, 2.45) is 5.73 Å². The number of hydrogen-bond donors (Lipinski definition) is 2.